The van der Waals surface area contributed by atoms with Crippen molar-refractivity contribution in [2.24, 2.45) is 10.4 Å². The van der Waals surface area contributed by atoms with E-state index in [9.17, 15) is 4.79 Å². The molecule has 1 aromatic heterocycles. The van der Waals surface area contributed by atoms with Crippen molar-refractivity contribution in [1.29, 1.82) is 0 Å². The summed E-state index contributed by atoms with van der Waals surface area (Å²) in [5.74, 6) is 0.749. The van der Waals surface area contributed by atoms with Gasteiger partial charge < -0.3 is 20.5 Å². The highest BCUT2D eigenvalue weighted by molar-refractivity contribution is 14.0. The van der Waals surface area contributed by atoms with Crippen LogP contribution in [-0.2, 0) is 11.3 Å². The van der Waals surface area contributed by atoms with E-state index >= 15 is 0 Å². The molecule has 7 heteroatoms. The first kappa shape index (κ1) is 23.3. The van der Waals surface area contributed by atoms with Crippen molar-refractivity contribution in [1.82, 2.24) is 20.5 Å². The summed E-state index contributed by atoms with van der Waals surface area (Å²) < 4.78 is 2.27. The molecule has 1 aromatic carbocycles. The third-order valence-electron chi connectivity index (χ3n) is 4.37. The lowest BCUT2D eigenvalue weighted by atomic mass is 9.93. The molecule has 0 unspecified atom stereocenters. The van der Waals surface area contributed by atoms with E-state index in [0.717, 1.165) is 32.0 Å². The van der Waals surface area contributed by atoms with Gasteiger partial charge in [0.05, 0.1) is 12.0 Å². The summed E-state index contributed by atoms with van der Waals surface area (Å²) in [4.78, 5) is 16.4. The minimum atomic E-state index is -0.527. The fourth-order valence-electron chi connectivity index (χ4n) is 2.82. The number of carbonyl (C=O) groups is 1. The van der Waals surface area contributed by atoms with Crippen molar-refractivity contribution in [3.63, 3.8) is 0 Å². The normalized spacial score (nSPS) is 11.8. The van der Waals surface area contributed by atoms with E-state index in [1.165, 1.54) is 10.9 Å². The van der Waals surface area contributed by atoms with Crippen molar-refractivity contribution in [2.45, 2.75) is 33.7 Å². The van der Waals surface area contributed by atoms with Gasteiger partial charge in [0, 0.05) is 38.4 Å². The van der Waals surface area contributed by atoms with Gasteiger partial charge >= 0.3 is 0 Å². The Labute approximate surface area is 179 Å². The number of para-hydroxylation sites is 1. The number of aromatic nitrogens is 1. The molecular weight excluding hydrogens is 453 g/mol. The van der Waals surface area contributed by atoms with Crippen molar-refractivity contribution in [3.8, 4) is 0 Å². The second-order valence-electron chi connectivity index (χ2n) is 7.01. The molecule has 27 heavy (non-hydrogen) atoms. The number of nitrogens with one attached hydrogen (secondary N) is 3. The summed E-state index contributed by atoms with van der Waals surface area (Å²) in [6.45, 7) is 8.82. The minimum absolute atomic E-state index is 0. The fourth-order valence-corrected chi connectivity index (χ4v) is 2.82. The Morgan fingerprint density at radius 2 is 1.93 bits per heavy atom. The lowest BCUT2D eigenvalue weighted by molar-refractivity contribution is -0.128. The molecule has 2 aromatic rings. The average molecular weight is 485 g/mol. The summed E-state index contributed by atoms with van der Waals surface area (Å²) in [6, 6.07) is 10.6. The lowest BCUT2D eigenvalue weighted by Crippen LogP contribution is -2.41. The number of aliphatic imine (C=N–C) groups is 1. The van der Waals surface area contributed by atoms with Gasteiger partial charge in [-0.3, -0.25) is 9.79 Å². The van der Waals surface area contributed by atoms with Crippen LogP contribution in [0.15, 0.2) is 41.5 Å². The van der Waals surface area contributed by atoms with Gasteiger partial charge in [-0.15, -0.1) is 24.0 Å². The maximum atomic E-state index is 11.9. The minimum Gasteiger partial charge on any atom is -0.359 e. The molecule has 1 amide bonds. The third-order valence-corrected chi connectivity index (χ3v) is 4.37. The Kier molecular flexibility index (Phi) is 9.62. The third kappa shape index (κ3) is 6.71. The molecule has 1 heterocycles. The molecule has 150 valence electrons. The Balaban J connectivity index is 0.00000364. The number of nitrogens with zero attached hydrogens (tertiary/aromatic N) is 2. The Morgan fingerprint density at radius 1 is 1.19 bits per heavy atom. The van der Waals surface area contributed by atoms with E-state index in [2.05, 4.69) is 62.0 Å². The molecule has 6 nitrogen and oxygen atoms in total. The standard InChI is InChI=1S/C20H31N5O.HI/c1-5-22-19(24-15-20(2,3)18(26)21-4)23-12-8-13-25-14-11-16-9-6-7-10-17(16)25;/h6-7,9-11,14H,5,8,12-13,15H2,1-4H3,(H,21,26)(H2,22,23,24);1H. The number of aryl methyl sites for hydroxylation is 1. The zero-order chi connectivity index (χ0) is 19.0. The molecule has 2 rings (SSSR count). The molecule has 0 fully saturated rings. The van der Waals surface area contributed by atoms with Gasteiger partial charge in [0.25, 0.3) is 0 Å². The van der Waals surface area contributed by atoms with Crippen molar-refractivity contribution in [3.05, 3.63) is 36.5 Å². The molecule has 0 aliphatic heterocycles. The van der Waals surface area contributed by atoms with E-state index in [0.29, 0.717) is 6.54 Å². The Bertz CT molecular complexity index is 754. The highest BCUT2D eigenvalue weighted by Crippen LogP contribution is 2.16. The van der Waals surface area contributed by atoms with Crippen LogP contribution in [-0.4, -0.2) is 43.1 Å². The molecule has 0 atom stereocenters. The van der Waals surface area contributed by atoms with Gasteiger partial charge in [0.15, 0.2) is 5.96 Å². The highest BCUT2D eigenvalue weighted by Gasteiger charge is 2.26. The van der Waals surface area contributed by atoms with Crippen LogP contribution in [0.4, 0.5) is 0 Å². The number of hydrogen-bond acceptors (Lipinski definition) is 2. The number of rotatable bonds is 8. The first-order valence-electron chi connectivity index (χ1n) is 9.26. The van der Waals surface area contributed by atoms with Crippen LogP contribution < -0.4 is 16.0 Å². The number of guanidine groups is 1. The second-order valence-corrected chi connectivity index (χ2v) is 7.01. The molecule has 0 aliphatic rings. The number of halogens is 1. The molecule has 0 saturated carbocycles. The summed E-state index contributed by atoms with van der Waals surface area (Å²) in [5.41, 5.74) is 0.738. The largest absolute Gasteiger partial charge is 0.359 e. The summed E-state index contributed by atoms with van der Waals surface area (Å²) >= 11 is 0. The quantitative estimate of drug-likeness (QED) is 0.233. The monoisotopic (exact) mass is 485 g/mol. The van der Waals surface area contributed by atoms with Gasteiger partial charge in [-0.1, -0.05) is 18.2 Å². The van der Waals surface area contributed by atoms with Crippen LogP contribution >= 0.6 is 24.0 Å². The van der Waals surface area contributed by atoms with Crippen LogP contribution in [0.2, 0.25) is 0 Å². The number of benzene rings is 1. The Hall–Kier alpha value is -1.77. The first-order chi connectivity index (χ1) is 12.5. The summed E-state index contributed by atoms with van der Waals surface area (Å²) in [7, 11) is 1.65. The molecular formula is C20H32IN5O. The van der Waals surface area contributed by atoms with Crippen LogP contribution in [0, 0.1) is 5.41 Å². The van der Waals surface area contributed by atoms with Crippen molar-refractivity contribution >= 4 is 46.7 Å². The molecule has 0 saturated heterocycles. The fraction of sp³-hybridized carbons (Fsp3) is 0.500. The molecule has 3 N–H and O–H groups in total. The smallest absolute Gasteiger partial charge is 0.227 e. The predicted octanol–water partition coefficient (Wildman–Crippen LogP) is 2.98. The Morgan fingerprint density at radius 3 is 2.63 bits per heavy atom. The van der Waals surface area contributed by atoms with Gasteiger partial charge in [0.1, 0.15) is 0 Å². The van der Waals surface area contributed by atoms with Crippen LogP contribution in [0.25, 0.3) is 10.9 Å². The van der Waals surface area contributed by atoms with E-state index < -0.39 is 5.41 Å². The maximum Gasteiger partial charge on any atom is 0.227 e. The van der Waals surface area contributed by atoms with Crippen LogP contribution in [0.5, 0.6) is 0 Å². The zero-order valence-electron chi connectivity index (χ0n) is 16.7. The lowest BCUT2D eigenvalue weighted by Gasteiger charge is -2.21. The SMILES string of the molecule is CCNC(=NCC(C)(C)C(=O)NC)NCCCn1ccc2ccccc21.I. The number of fused-ring (bicyclic) bond motifs is 1. The van der Waals surface area contributed by atoms with Crippen molar-refractivity contribution < 1.29 is 4.79 Å². The predicted molar refractivity (Wildman–Crippen MR) is 124 cm³/mol. The van der Waals surface area contributed by atoms with E-state index in [4.69, 9.17) is 0 Å². The first-order valence-corrected chi connectivity index (χ1v) is 9.26. The number of amides is 1. The molecule has 0 aliphatic carbocycles. The zero-order valence-corrected chi connectivity index (χ0v) is 19.0. The number of hydrogen-bond donors (Lipinski definition) is 3. The van der Waals surface area contributed by atoms with Gasteiger partial charge in [-0.25, -0.2) is 0 Å². The van der Waals surface area contributed by atoms with Gasteiger partial charge in [-0.2, -0.15) is 0 Å². The van der Waals surface area contributed by atoms with E-state index in [1.54, 1.807) is 7.05 Å². The van der Waals surface area contributed by atoms with E-state index in [1.807, 2.05) is 20.8 Å². The number of carbonyl (C=O) groups excluding carboxylic acids is 1. The molecule has 0 spiro atoms. The second kappa shape index (κ2) is 11.2. The van der Waals surface area contributed by atoms with Crippen molar-refractivity contribution in [2.75, 3.05) is 26.7 Å². The summed E-state index contributed by atoms with van der Waals surface area (Å²) in [6.07, 6.45) is 3.12. The maximum absolute atomic E-state index is 11.9. The van der Waals surface area contributed by atoms with E-state index in [-0.39, 0.29) is 29.9 Å². The average Bonchev–Trinajstić information content (AvgIpc) is 3.05. The van der Waals surface area contributed by atoms with Gasteiger partial charge in [-0.05, 0) is 44.7 Å². The molecule has 0 radical (unpaired) electrons. The summed E-state index contributed by atoms with van der Waals surface area (Å²) in [5, 5.41) is 10.6. The van der Waals surface area contributed by atoms with Gasteiger partial charge in [0.2, 0.25) is 5.91 Å². The molecule has 0 bridgehead atoms. The highest BCUT2D eigenvalue weighted by atomic mass is 127. The van der Waals surface area contributed by atoms with Crippen LogP contribution in [0.3, 0.4) is 0 Å². The van der Waals surface area contributed by atoms with Crippen LogP contribution in [0.1, 0.15) is 27.2 Å². The topological polar surface area (TPSA) is 70.4 Å².